The Bertz CT molecular complexity index is 713. The largest absolute Gasteiger partial charge is 0.463 e. The number of nitrogens with zero attached hydrogens (tertiary/aromatic N) is 2. The summed E-state index contributed by atoms with van der Waals surface area (Å²) < 4.78 is 5.22. The number of rotatable bonds is 6. The Morgan fingerprint density at radius 3 is 2.16 bits per heavy atom. The summed E-state index contributed by atoms with van der Waals surface area (Å²) in [5.41, 5.74) is 3.18. The summed E-state index contributed by atoms with van der Waals surface area (Å²) in [4.78, 5) is 16.7. The van der Waals surface area contributed by atoms with Crippen LogP contribution in [0.1, 0.15) is 18.1 Å². The second kappa shape index (κ2) is 8.49. The first-order chi connectivity index (χ1) is 12.2. The number of ether oxygens (including phenoxy) is 1. The molecule has 4 heteroatoms. The summed E-state index contributed by atoms with van der Waals surface area (Å²) >= 11 is 0. The molecule has 0 saturated heterocycles. The highest BCUT2D eigenvalue weighted by molar-refractivity contribution is 5.88. The molecule has 4 nitrogen and oxygen atoms in total. The molecular weight excluding hydrogens is 312 g/mol. The lowest BCUT2D eigenvalue weighted by atomic mass is 10.1. The van der Waals surface area contributed by atoms with Gasteiger partial charge in [0.1, 0.15) is 0 Å². The minimum Gasteiger partial charge on any atom is -0.463 e. The Labute approximate surface area is 149 Å². The van der Waals surface area contributed by atoms with Crippen molar-refractivity contribution in [1.82, 2.24) is 9.80 Å². The van der Waals surface area contributed by atoms with E-state index in [0.717, 1.165) is 19.8 Å². The summed E-state index contributed by atoms with van der Waals surface area (Å²) in [7, 11) is 0. The first kappa shape index (κ1) is 17.2. The van der Waals surface area contributed by atoms with Gasteiger partial charge >= 0.3 is 5.97 Å². The van der Waals surface area contributed by atoms with E-state index in [1.807, 2.05) is 49.5 Å². The van der Waals surface area contributed by atoms with Gasteiger partial charge in [0.2, 0.25) is 0 Å². The predicted molar refractivity (Wildman–Crippen MR) is 98.4 cm³/mol. The van der Waals surface area contributed by atoms with Gasteiger partial charge in [0.15, 0.2) is 0 Å². The van der Waals surface area contributed by atoms with Crippen LogP contribution in [0.2, 0.25) is 0 Å². The summed E-state index contributed by atoms with van der Waals surface area (Å²) in [6.07, 6.45) is 1.95. The number of carbonyl (C=O) groups excluding carboxylic acids is 1. The summed E-state index contributed by atoms with van der Waals surface area (Å²) in [5, 5.41) is 0. The van der Waals surface area contributed by atoms with E-state index in [0.29, 0.717) is 18.7 Å². The summed E-state index contributed by atoms with van der Waals surface area (Å²) in [6, 6.07) is 20.6. The van der Waals surface area contributed by atoms with Crippen molar-refractivity contribution >= 4 is 5.97 Å². The van der Waals surface area contributed by atoms with Gasteiger partial charge in [0.05, 0.1) is 18.8 Å². The highest BCUT2D eigenvalue weighted by Gasteiger charge is 2.23. The topological polar surface area (TPSA) is 32.8 Å². The highest BCUT2D eigenvalue weighted by Crippen LogP contribution is 2.17. The van der Waals surface area contributed by atoms with E-state index in [-0.39, 0.29) is 5.97 Å². The molecule has 0 aromatic heterocycles. The molecule has 0 fully saturated rings. The lowest BCUT2D eigenvalue weighted by Gasteiger charge is -2.35. The maximum Gasteiger partial charge on any atom is 0.336 e. The van der Waals surface area contributed by atoms with Gasteiger partial charge in [-0.15, -0.1) is 0 Å². The van der Waals surface area contributed by atoms with Crippen LogP contribution in [0.4, 0.5) is 0 Å². The number of hydrogen-bond acceptors (Lipinski definition) is 4. The molecule has 1 heterocycles. The molecule has 0 saturated carbocycles. The quantitative estimate of drug-likeness (QED) is 0.757. The van der Waals surface area contributed by atoms with Crippen LogP contribution in [0.5, 0.6) is 0 Å². The standard InChI is InChI=1S/C21H24N2O2/c1-2-25-21(24)20-15-22(13-18-9-5-3-6-10-18)17-23(16-20)14-19-11-7-4-8-12-19/h3-12,15H,2,13-14,16-17H2,1H3. The van der Waals surface area contributed by atoms with Crippen molar-refractivity contribution in [3.05, 3.63) is 83.6 Å². The zero-order valence-electron chi connectivity index (χ0n) is 14.6. The van der Waals surface area contributed by atoms with Gasteiger partial charge in [-0.05, 0) is 18.1 Å². The van der Waals surface area contributed by atoms with E-state index in [2.05, 4.69) is 34.1 Å². The van der Waals surface area contributed by atoms with Gasteiger partial charge in [-0.1, -0.05) is 60.7 Å². The van der Waals surface area contributed by atoms with Gasteiger partial charge in [-0.25, -0.2) is 4.79 Å². The van der Waals surface area contributed by atoms with Gasteiger partial charge in [-0.2, -0.15) is 0 Å². The Morgan fingerprint density at radius 2 is 1.56 bits per heavy atom. The fraction of sp³-hybridized carbons (Fsp3) is 0.286. The fourth-order valence-corrected chi connectivity index (χ4v) is 3.05. The Morgan fingerprint density at radius 1 is 0.960 bits per heavy atom. The molecule has 2 aromatic carbocycles. The SMILES string of the molecule is CCOC(=O)C1=CN(Cc2ccccc2)CN(Cc2ccccc2)C1. The number of esters is 1. The van der Waals surface area contributed by atoms with E-state index in [1.54, 1.807) is 0 Å². The van der Waals surface area contributed by atoms with Crippen molar-refractivity contribution in [3.63, 3.8) is 0 Å². The van der Waals surface area contributed by atoms with Gasteiger partial charge in [-0.3, -0.25) is 4.90 Å². The third-order valence-electron chi connectivity index (χ3n) is 4.13. The first-order valence-electron chi connectivity index (χ1n) is 8.66. The molecule has 0 unspecified atom stereocenters. The Hall–Kier alpha value is -2.59. The van der Waals surface area contributed by atoms with Crippen molar-refractivity contribution in [2.45, 2.75) is 20.0 Å². The molecule has 0 spiro atoms. The Kier molecular flexibility index (Phi) is 5.86. The van der Waals surface area contributed by atoms with Crippen molar-refractivity contribution in [1.29, 1.82) is 0 Å². The zero-order chi connectivity index (χ0) is 17.5. The van der Waals surface area contributed by atoms with E-state index in [1.165, 1.54) is 11.1 Å². The second-order valence-corrected chi connectivity index (χ2v) is 6.22. The minimum atomic E-state index is -0.224. The number of carbonyl (C=O) groups is 1. The van der Waals surface area contributed by atoms with E-state index in [9.17, 15) is 4.79 Å². The molecule has 2 aromatic rings. The molecule has 25 heavy (non-hydrogen) atoms. The van der Waals surface area contributed by atoms with Crippen molar-refractivity contribution in [3.8, 4) is 0 Å². The molecule has 1 aliphatic rings. The average Bonchev–Trinajstić information content (AvgIpc) is 2.63. The molecule has 0 N–H and O–H groups in total. The van der Waals surface area contributed by atoms with E-state index >= 15 is 0 Å². The molecule has 0 aliphatic carbocycles. The Balaban J connectivity index is 1.75. The molecule has 1 aliphatic heterocycles. The van der Waals surface area contributed by atoms with Crippen LogP contribution < -0.4 is 0 Å². The third-order valence-corrected chi connectivity index (χ3v) is 4.13. The predicted octanol–water partition coefficient (Wildman–Crippen LogP) is 3.41. The minimum absolute atomic E-state index is 0.224. The molecule has 0 bridgehead atoms. The molecule has 0 atom stereocenters. The van der Waals surface area contributed by atoms with Crippen LogP contribution in [0.3, 0.4) is 0 Å². The van der Waals surface area contributed by atoms with Crippen LogP contribution in [-0.2, 0) is 22.6 Å². The maximum absolute atomic E-state index is 12.3. The molecule has 0 radical (unpaired) electrons. The van der Waals surface area contributed by atoms with Crippen molar-refractivity contribution in [2.24, 2.45) is 0 Å². The highest BCUT2D eigenvalue weighted by atomic mass is 16.5. The smallest absolute Gasteiger partial charge is 0.336 e. The maximum atomic E-state index is 12.3. The van der Waals surface area contributed by atoms with Gasteiger partial charge in [0, 0.05) is 25.8 Å². The lowest BCUT2D eigenvalue weighted by molar-refractivity contribution is -0.139. The van der Waals surface area contributed by atoms with Crippen LogP contribution in [0, 0.1) is 0 Å². The van der Waals surface area contributed by atoms with E-state index in [4.69, 9.17) is 4.74 Å². The molecule has 3 rings (SSSR count). The van der Waals surface area contributed by atoms with Gasteiger partial charge < -0.3 is 9.64 Å². The molecular formula is C21H24N2O2. The second-order valence-electron chi connectivity index (χ2n) is 6.22. The van der Waals surface area contributed by atoms with Crippen molar-refractivity contribution < 1.29 is 9.53 Å². The number of benzene rings is 2. The zero-order valence-corrected chi connectivity index (χ0v) is 14.6. The monoisotopic (exact) mass is 336 g/mol. The van der Waals surface area contributed by atoms with Crippen LogP contribution in [0.15, 0.2) is 72.4 Å². The van der Waals surface area contributed by atoms with E-state index < -0.39 is 0 Å². The van der Waals surface area contributed by atoms with Crippen LogP contribution >= 0.6 is 0 Å². The number of hydrogen-bond donors (Lipinski definition) is 0. The van der Waals surface area contributed by atoms with Gasteiger partial charge in [0.25, 0.3) is 0 Å². The average molecular weight is 336 g/mol. The fourth-order valence-electron chi connectivity index (χ4n) is 3.05. The third kappa shape index (κ3) is 4.94. The summed E-state index contributed by atoms with van der Waals surface area (Å²) in [5.74, 6) is -0.224. The normalized spacial score (nSPS) is 14.9. The first-order valence-corrected chi connectivity index (χ1v) is 8.66. The molecule has 0 amide bonds. The molecule has 130 valence electrons. The van der Waals surface area contributed by atoms with Crippen LogP contribution in [-0.4, -0.2) is 35.6 Å². The van der Waals surface area contributed by atoms with Crippen molar-refractivity contribution in [2.75, 3.05) is 19.8 Å². The lowest BCUT2D eigenvalue weighted by Crippen LogP contribution is -2.41. The van der Waals surface area contributed by atoms with Crippen LogP contribution in [0.25, 0.3) is 0 Å². The summed E-state index contributed by atoms with van der Waals surface area (Å²) in [6.45, 7) is 5.21.